The first kappa shape index (κ1) is 18.1. The highest BCUT2D eigenvalue weighted by Crippen LogP contribution is 2.36. The Bertz CT molecular complexity index is 989. The molecule has 2 aromatic carbocycles. The van der Waals surface area contributed by atoms with Gasteiger partial charge >= 0.3 is 0 Å². The number of nitrogens with zero attached hydrogens (tertiary/aromatic N) is 2. The van der Waals surface area contributed by atoms with Gasteiger partial charge in [0, 0.05) is 24.5 Å². The molecule has 0 unspecified atom stereocenters. The van der Waals surface area contributed by atoms with Gasteiger partial charge in [-0.15, -0.1) is 0 Å². The fourth-order valence-corrected chi connectivity index (χ4v) is 3.17. The maximum atomic E-state index is 5.58. The topological polar surface area (TPSA) is 65.5 Å². The Morgan fingerprint density at radius 3 is 2.68 bits per heavy atom. The zero-order chi connectivity index (χ0) is 19.5. The van der Waals surface area contributed by atoms with Crippen LogP contribution in [0.1, 0.15) is 30.9 Å². The van der Waals surface area contributed by atoms with Crippen molar-refractivity contribution in [3.05, 3.63) is 59.9 Å². The Morgan fingerprint density at radius 1 is 1.04 bits per heavy atom. The number of aromatic nitrogens is 2. The zero-order valence-corrected chi connectivity index (χ0v) is 16.2. The molecule has 6 nitrogen and oxygen atoms in total. The molecule has 0 saturated heterocycles. The van der Waals surface area contributed by atoms with E-state index in [4.69, 9.17) is 14.2 Å². The number of nitrogens with one attached hydrogen (secondary N) is 1. The van der Waals surface area contributed by atoms with Gasteiger partial charge in [0.05, 0.1) is 7.11 Å². The number of methoxy groups -OCH3 is 1. The van der Waals surface area contributed by atoms with Gasteiger partial charge in [-0.25, -0.2) is 4.98 Å². The van der Waals surface area contributed by atoms with Crippen molar-refractivity contribution >= 4 is 5.82 Å². The molecule has 0 amide bonds. The molecule has 144 valence electrons. The third kappa shape index (κ3) is 3.58. The van der Waals surface area contributed by atoms with Crippen molar-refractivity contribution < 1.29 is 14.2 Å². The van der Waals surface area contributed by atoms with Crippen molar-refractivity contribution in [2.75, 3.05) is 19.2 Å². The van der Waals surface area contributed by atoms with E-state index in [2.05, 4.69) is 41.3 Å². The molecule has 0 aliphatic carbocycles. The lowest BCUT2D eigenvalue weighted by atomic mass is 9.98. The first-order chi connectivity index (χ1) is 13.7. The molecule has 0 radical (unpaired) electrons. The molecule has 0 spiro atoms. The smallest absolute Gasteiger partial charge is 0.231 e. The van der Waals surface area contributed by atoms with Crippen molar-refractivity contribution in [2.45, 2.75) is 26.3 Å². The van der Waals surface area contributed by atoms with Crippen LogP contribution in [-0.4, -0.2) is 23.9 Å². The summed E-state index contributed by atoms with van der Waals surface area (Å²) in [6, 6.07) is 12.1. The van der Waals surface area contributed by atoms with Crippen LogP contribution in [0.4, 0.5) is 5.82 Å². The number of rotatable bonds is 6. The molecule has 0 fully saturated rings. The van der Waals surface area contributed by atoms with Gasteiger partial charge in [0.25, 0.3) is 0 Å². The summed E-state index contributed by atoms with van der Waals surface area (Å²) in [7, 11) is 1.67. The van der Waals surface area contributed by atoms with E-state index in [0.717, 1.165) is 34.1 Å². The highest BCUT2D eigenvalue weighted by atomic mass is 16.7. The Kier molecular flexibility index (Phi) is 5.02. The number of hydrogen-bond acceptors (Lipinski definition) is 6. The van der Waals surface area contributed by atoms with Crippen molar-refractivity contribution in [3.8, 4) is 28.5 Å². The van der Waals surface area contributed by atoms with Crippen molar-refractivity contribution in [2.24, 2.45) is 0 Å². The van der Waals surface area contributed by atoms with Crippen LogP contribution in [0.25, 0.3) is 11.3 Å². The Hall–Kier alpha value is -3.28. The van der Waals surface area contributed by atoms with Crippen LogP contribution in [0.5, 0.6) is 17.2 Å². The van der Waals surface area contributed by atoms with Crippen LogP contribution < -0.4 is 19.5 Å². The van der Waals surface area contributed by atoms with E-state index in [1.54, 1.807) is 19.5 Å². The lowest BCUT2D eigenvalue weighted by molar-refractivity contribution is 0.174. The van der Waals surface area contributed by atoms with E-state index < -0.39 is 0 Å². The standard InChI is InChI=1S/C22H23N3O3/c1-14(2)16-5-7-18(26-3)17(11-16)21-22(24-9-8-23-21)25-12-15-4-6-19-20(10-15)28-13-27-19/h4-11,14H,12-13H2,1-3H3,(H,24,25). The van der Waals surface area contributed by atoms with Crippen molar-refractivity contribution in [3.63, 3.8) is 0 Å². The van der Waals surface area contributed by atoms with Crippen LogP contribution in [0, 0.1) is 0 Å². The van der Waals surface area contributed by atoms with Gasteiger partial charge in [0.15, 0.2) is 17.3 Å². The molecule has 2 heterocycles. The molecule has 0 atom stereocenters. The van der Waals surface area contributed by atoms with Crippen LogP contribution in [0.3, 0.4) is 0 Å². The molecule has 3 aromatic rings. The Morgan fingerprint density at radius 2 is 1.86 bits per heavy atom. The van der Waals surface area contributed by atoms with Crippen molar-refractivity contribution in [1.29, 1.82) is 0 Å². The van der Waals surface area contributed by atoms with Gasteiger partial charge in [-0.2, -0.15) is 0 Å². The number of ether oxygens (including phenoxy) is 3. The highest BCUT2D eigenvalue weighted by molar-refractivity contribution is 5.76. The molecular formula is C22H23N3O3. The van der Waals surface area contributed by atoms with Crippen LogP contribution in [0.15, 0.2) is 48.8 Å². The van der Waals surface area contributed by atoms with E-state index in [9.17, 15) is 0 Å². The largest absolute Gasteiger partial charge is 0.496 e. The van der Waals surface area contributed by atoms with Crippen LogP contribution in [0.2, 0.25) is 0 Å². The third-order valence-electron chi connectivity index (χ3n) is 4.74. The summed E-state index contributed by atoms with van der Waals surface area (Å²) in [6.45, 7) is 5.20. The third-order valence-corrected chi connectivity index (χ3v) is 4.74. The quantitative estimate of drug-likeness (QED) is 0.676. The molecule has 28 heavy (non-hydrogen) atoms. The van der Waals surface area contributed by atoms with E-state index in [0.29, 0.717) is 18.3 Å². The summed E-state index contributed by atoms with van der Waals surface area (Å²) < 4.78 is 16.4. The van der Waals surface area contributed by atoms with Gasteiger partial charge in [-0.05, 0) is 41.3 Å². The molecule has 0 saturated carbocycles. The maximum absolute atomic E-state index is 5.58. The Labute approximate surface area is 164 Å². The van der Waals surface area contributed by atoms with Gasteiger partial charge in [-0.1, -0.05) is 26.0 Å². The number of hydrogen-bond donors (Lipinski definition) is 1. The summed E-state index contributed by atoms with van der Waals surface area (Å²) in [5.74, 6) is 3.44. The maximum Gasteiger partial charge on any atom is 0.231 e. The minimum atomic E-state index is 0.270. The lowest BCUT2D eigenvalue weighted by Crippen LogP contribution is -2.05. The second kappa shape index (κ2) is 7.76. The predicted molar refractivity (Wildman–Crippen MR) is 108 cm³/mol. The SMILES string of the molecule is COc1ccc(C(C)C)cc1-c1nccnc1NCc1ccc2c(c1)OCO2. The summed E-state index contributed by atoms with van der Waals surface area (Å²) in [5.41, 5.74) is 3.99. The normalized spacial score (nSPS) is 12.3. The first-order valence-electron chi connectivity index (χ1n) is 9.27. The zero-order valence-electron chi connectivity index (χ0n) is 16.2. The molecule has 1 aliphatic rings. The fraction of sp³-hybridized carbons (Fsp3) is 0.273. The minimum absolute atomic E-state index is 0.270. The molecule has 1 aromatic heterocycles. The minimum Gasteiger partial charge on any atom is -0.496 e. The monoisotopic (exact) mass is 377 g/mol. The van der Waals surface area contributed by atoms with E-state index in [1.165, 1.54) is 5.56 Å². The van der Waals surface area contributed by atoms with Gasteiger partial charge in [0.1, 0.15) is 11.4 Å². The van der Waals surface area contributed by atoms with E-state index in [-0.39, 0.29) is 6.79 Å². The lowest BCUT2D eigenvalue weighted by Gasteiger charge is -2.15. The molecule has 1 aliphatic heterocycles. The average molecular weight is 377 g/mol. The van der Waals surface area contributed by atoms with Crippen LogP contribution in [-0.2, 0) is 6.54 Å². The molecule has 4 rings (SSSR count). The number of benzene rings is 2. The van der Waals surface area contributed by atoms with E-state index >= 15 is 0 Å². The predicted octanol–water partition coefficient (Wildman–Crippen LogP) is 4.62. The summed E-state index contributed by atoms with van der Waals surface area (Å²) in [6.07, 6.45) is 3.38. The fourth-order valence-electron chi connectivity index (χ4n) is 3.17. The molecule has 0 bridgehead atoms. The van der Waals surface area contributed by atoms with Gasteiger partial charge in [-0.3, -0.25) is 4.98 Å². The second-order valence-corrected chi connectivity index (χ2v) is 6.91. The second-order valence-electron chi connectivity index (χ2n) is 6.91. The number of anilines is 1. The van der Waals surface area contributed by atoms with Crippen LogP contribution >= 0.6 is 0 Å². The van der Waals surface area contributed by atoms with Gasteiger partial charge in [0.2, 0.25) is 6.79 Å². The average Bonchev–Trinajstić information content (AvgIpc) is 3.20. The van der Waals surface area contributed by atoms with Gasteiger partial charge < -0.3 is 19.5 Å². The molecular weight excluding hydrogens is 354 g/mol. The Balaban J connectivity index is 1.63. The van der Waals surface area contributed by atoms with E-state index in [1.807, 2.05) is 24.3 Å². The number of fused-ring (bicyclic) bond motifs is 1. The first-order valence-corrected chi connectivity index (χ1v) is 9.27. The molecule has 6 heteroatoms. The summed E-state index contributed by atoms with van der Waals surface area (Å²) in [4.78, 5) is 9.09. The highest BCUT2D eigenvalue weighted by Gasteiger charge is 2.16. The summed E-state index contributed by atoms with van der Waals surface area (Å²) >= 11 is 0. The van der Waals surface area contributed by atoms with Crippen molar-refractivity contribution in [1.82, 2.24) is 9.97 Å². The summed E-state index contributed by atoms with van der Waals surface area (Å²) in [5, 5.41) is 3.39. The molecule has 1 N–H and O–H groups in total.